The first-order chi connectivity index (χ1) is 8.97. The van der Waals surface area contributed by atoms with Crippen molar-refractivity contribution in [3.05, 3.63) is 50.4 Å². The van der Waals surface area contributed by atoms with Gasteiger partial charge in [0.25, 0.3) is 0 Å². The summed E-state index contributed by atoms with van der Waals surface area (Å²) in [5.74, 6) is -1.15. The highest BCUT2D eigenvalue weighted by Gasteiger charge is 2.15. The molecule has 0 aliphatic rings. The smallest absolute Gasteiger partial charge is 0.349 e. The van der Waals surface area contributed by atoms with Crippen molar-refractivity contribution in [2.75, 3.05) is 0 Å². The van der Waals surface area contributed by atoms with Crippen LogP contribution in [-0.4, -0.2) is 11.1 Å². The van der Waals surface area contributed by atoms with E-state index in [4.69, 9.17) is 21.4 Å². The Morgan fingerprint density at radius 1 is 1.47 bits per heavy atom. The summed E-state index contributed by atoms with van der Waals surface area (Å²) in [5.41, 5.74) is 0.600. The second kappa shape index (κ2) is 5.59. The Labute approximate surface area is 118 Å². The summed E-state index contributed by atoms with van der Waals surface area (Å²) in [6.45, 7) is 1.89. The molecular weight excluding hydrogens is 291 g/mol. The summed E-state index contributed by atoms with van der Waals surface area (Å²) in [5, 5.41) is 9.28. The minimum absolute atomic E-state index is 0.0928. The molecule has 0 aliphatic heterocycles. The van der Waals surface area contributed by atoms with Crippen molar-refractivity contribution in [3.8, 4) is 5.75 Å². The molecule has 2 rings (SSSR count). The Balaban J connectivity index is 2.16. The molecule has 0 atom stereocenters. The predicted octanol–water partition coefficient (Wildman–Crippen LogP) is 4.13. The van der Waals surface area contributed by atoms with Crippen molar-refractivity contribution in [1.82, 2.24) is 0 Å². The fourth-order valence-electron chi connectivity index (χ4n) is 1.54. The molecule has 19 heavy (non-hydrogen) atoms. The van der Waals surface area contributed by atoms with Crippen LogP contribution in [0.15, 0.2) is 24.3 Å². The zero-order valence-electron chi connectivity index (χ0n) is 9.94. The van der Waals surface area contributed by atoms with E-state index >= 15 is 0 Å². The van der Waals surface area contributed by atoms with Crippen LogP contribution in [-0.2, 0) is 6.61 Å². The molecule has 0 fully saturated rings. The molecule has 1 aromatic heterocycles. The largest absolute Gasteiger partial charge is 0.487 e. The van der Waals surface area contributed by atoms with Gasteiger partial charge in [0, 0.05) is 10.4 Å². The van der Waals surface area contributed by atoms with E-state index in [-0.39, 0.29) is 16.5 Å². The normalized spacial score (nSPS) is 10.5. The number of aryl methyl sites for hydroxylation is 1. The average Bonchev–Trinajstić information content (AvgIpc) is 2.69. The minimum atomic E-state index is -1.03. The van der Waals surface area contributed by atoms with Crippen LogP contribution in [0.1, 0.15) is 20.1 Å². The van der Waals surface area contributed by atoms with Crippen molar-refractivity contribution in [2.24, 2.45) is 0 Å². The first kappa shape index (κ1) is 13.8. The van der Waals surface area contributed by atoms with E-state index in [1.54, 1.807) is 13.0 Å². The number of carboxylic acids is 1. The van der Waals surface area contributed by atoms with Crippen LogP contribution in [0.5, 0.6) is 5.75 Å². The SMILES string of the molecule is Cc1cc(OCc2ccc(F)cc2Cl)c(C(=O)O)s1. The number of benzene rings is 1. The molecule has 1 heterocycles. The molecule has 6 heteroatoms. The number of hydrogen-bond donors (Lipinski definition) is 1. The maximum absolute atomic E-state index is 12.9. The quantitative estimate of drug-likeness (QED) is 0.923. The minimum Gasteiger partial charge on any atom is -0.487 e. The first-order valence-electron chi connectivity index (χ1n) is 5.38. The van der Waals surface area contributed by atoms with Gasteiger partial charge in [-0.1, -0.05) is 17.7 Å². The third-order valence-electron chi connectivity index (χ3n) is 2.41. The van der Waals surface area contributed by atoms with Crippen molar-refractivity contribution in [1.29, 1.82) is 0 Å². The highest BCUT2D eigenvalue weighted by molar-refractivity contribution is 7.14. The standard InChI is InChI=1S/C13H10ClFO3S/c1-7-4-11(12(19-7)13(16)17)18-6-8-2-3-9(15)5-10(8)14/h2-5H,6H2,1H3,(H,16,17). The summed E-state index contributed by atoms with van der Waals surface area (Å²) in [4.78, 5) is 12.0. The van der Waals surface area contributed by atoms with Crippen molar-refractivity contribution in [3.63, 3.8) is 0 Å². The summed E-state index contributed by atoms with van der Waals surface area (Å²) in [6.07, 6.45) is 0. The summed E-state index contributed by atoms with van der Waals surface area (Å²) in [6, 6.07) is 5.64. The highest BCUT2D eigenvalue weighted by atomic mass is 35.5. The second-order valence-corrected chi connectivity index (χ2v) is 5.54. The third-order valence-corrected chi connectivity index (χ3v) is 3.79. The summed E-state index contributed by atoms with van der Waals surface area (Å²) in [7, 11) is 0. The lowest BCUT2D eigenvalue weighted by atomic mass is 10.2. The lowest BCUT2D eigenvalue weighted by molar-refractivity contribution is 0.0697. The topological polar surface area (TPSA) is 46.5 Å². The van der Waals surface area contributed by atoms with Gasteiger partial charge in [-0.3, -0.25) is 0 Å². The van der Waals surface area contributed by atoms with Crippen molar-refractivity contribution in [2.45, 2.75) is 13.5 Å². The number of ether oxygens (including phenoxy) is 1. The van der Waals surface area contributed by atoms with Crippen LogP contribution in [0.2, 0.25) is 5.02 Å². The highest BCUT2D eigenvalue weighted by Crippen LogP contribution is 2.30. The van der Waals surface area contributed by atoms with Crippen LogP contribution in [0.25, 0.3) is 0 Å². The number of aromatic carboxylic acids is 1. The molecule has 1 aromatic carbocycles. The van der Waals surface area contributed by atoms with E-state index in [9.17, 15) is 9.18 Å². The number of carbonyl (C=O) groups is 1. The molecule has 0 amide bonds. The Morgan fingerprint density at radius 3 is 2.84 bits per heavy atom. The Bertz CT molecular complexity index is 624. The number of hydrogen-bond acceptors (Lipinski definition) is 3. The lowest BCUT2D eigenvalue weighted by Crippen LogP contribution is -2.00. The second-order valence-electron chi connectivity index (χ2n) is 3.88. The van der Waals surface area contributed by atoms with Crippen molar-refractivity contribution >= 4 is 28.9 Å². The van der Waals surface area contributed by atoms with Crippen LogP contribution >= 0.6 is 22.9 Å². The van der Waals surface area contributed by atoms with E-state index in [0.29, 0.717) is 11.3 Å². The zero-order valence-corrected chi connectivity index (χ0v) is 11.5. The fourth-order valence-corrected chi connectivity index (χ4v) is 2.56. The van der Waals surface area contributed by atoms with Gasteiger partial charge in [-0.2, -0.15) is 0 Å². The number of thiophene rings is 1. The van der Waals surface area contributed by atoms with E-state index in [1.807, 2.05) is 0 Å². The average molecular weight is 301 g/mol. The molecule has 0 bridgehead atoms. The Morgan fingerprint density at radius 2 is 2.21 bits per heavy atom. The van der Waals surface area contributed by atoms with E-state index in [0.717, 1.165) is 16.2 Å². The molecule has 0 aliphatic carbocycles. The van der Waals surface area contributed by atoms with E-state index < -0.39 is 11.8 Å². The Kier molecular flexibility index (Phi) is 4.07. The van der Waals surface area contributed by atoms with E-state index in [2.05, 4.69) is 0 Å². The molecule has 0 unspecified atom stereocenters. The molecule has 0 saturated carbocycles. The first-order valence-corrected chi connectivity index (χ1v) is 6.57. The Hall–Kier alpha value is -1.59. The third kappa shape index (κ3) is 3.24. The van der Waals surface area contributed by atoms with Crippen LogP contribution in [0, 0.1) is 12.7 Å². The zero-order chi connectivity index (χ0) is 14.0. The number of carboxylic acid groups (broad SMARTS) is 1. The number of halogens is 2. The van der Waals surface area contributed by atoms with Gasteiger partial charge in [0.15, 0.2) is 4.88 Å². The molecular formula is C13H10ClFO3S. The summed E-state index contributed by atoms with van der Waals surface area (Å²) >= 11 is 7.02. The van der Waals surface area contributed by atoms with Gasteiger partial charge in [0.2, 0.25) is 0 Å². The molecule has 3 nitrogen and oxygen atoms in total. The summed E-state index contributed by atoms with van der Waals surface area (Å²) < 4.78 is 18.3. The molecule has 0 radical (unpaired) electrons. The van der Waals surface area contributed by atoms with Gasteiger partial charge in [-0.05, 0) is 25.1 Å². The van der Waals surface area contributed by atoms with Gasteiger partial charge < -0.3 is 9.84 Å². The van der Waals surface area contributed by atoms with Crippen LogP contribution in [0.3, 0.4) is 0 Å². The molecule has 100 valence electrons. The maximum atomic E-state index is 12.9. The lowest BCUT2D eigenvalue weighted by Gasteiger charge is -2.07. The molecule has 2 aromatic rings. The van der Waals surface area contributed by atoms with Crippen LogP contribution in [0.4, 0.5) is 4.39 Å². The maximum Gasteiger partial charge on any atom is 0.349 e. The predicted molar refractivity (Wildman–Crippen MR) is 71.8 cm³/mol. The molecule has 0 saturated heterocycles. The number of rotatable bonds is 4. The van der Waals surface area contributed by atoms with Gasteiger partial charge >= 0.3 is 5.97 Å². The van der Waals surface area contributed by atoms with Gasteiger partial charge in [-0.25, -0.2) is 9.18 Å². The van der Waals surface area contributed by atoms with E-state index in [1.165, 1.54) is 18.2 Å². The fraction of sp³-hybridized carbons (Fsp3) is 0.154. The molecule has 1 N–H and O–H groups in total. The van der Waals surface area contributed by atoms with Gasteiger partial charge in [0.1, 0.15) is 18.2 Å². The van der Waals surface area contributed by atoms with Crippen molar-refractivity contribution < 1.29 is 19.0 Å². The van der Waals surface area contributed by atoms with Gasteiger partial charge in [0.05, 0.1) is 5.02 Å². The van der Waals surface area contributed by atoms with Crippen LogP contribution < -0.4 is 4.74 Å². The monoisotopic (exact) mass is 300 g/mol. The van der Waals surface area contributed by atoms with Gasteiger partial charge in [-0.15, -0.1) is 11.3 Å². The molecule has 0 spiro atoms.